The number of ether oxygens (including phenoxy) is 1. The molecule has 0 bridgehead atoms. The van der Waals surface area contributed by atoms with Crippen LogP contribution in [0.1, 0.15) is 73.4 Å². The van der Waals surface area contributed by atoms with E-state index in [1.54, 1.807) is 54.6 Å². The van der Waals surface area contributed by atoms with E-state index in [4.69, 9.17) is 21.9 Å². The van der Waals surface area contributed by atoms with Gasteiger partial charge in [0.25, 0.3) is 23.6 Å². The number of aliphatic imine (C=N–C) groups is 1. The van der Waals surface area contributed by atoms with Gasteiger partial charge >= 0.3 is 0 Å². The molecule has 2 aliphatic rings. The number of anilines is 2. The Kier molecular flexibility index (Phi) is 12.6. The standard InChI is InChI=1S/C41H45N9O6/c42-33(2-1-19-45-41(43)44)39(54)47-22-26-5-3-25(4-6-26)21-46-37(52)28-11-14-31(15-12-28)48-38(53)29-9-7-27(8-10-29)23-50(32-16-17-32)40(55)30-13-18-34-35(20-30)56-24-36(51)49-34/h3-15,18,20,32-33H,1-2,16-17,19,21-24,42H2,(H,46,52)(H,47,54)(H,48,53)(H,49,51)(H4,43,44,45)/t33-/m0/s1. The van der Waals surface area contributed by atoms with E-state index in [-0.39, 0.29) is 48.1 Å². The molecule has 5 amide bonds. The Morgan fingerprint density at radius 3 is 2.07 bits per heavy atom. The molecule has 1 heterocycles. The first-order valence-corrected chi connectivity index (χ1v) is 18.3. The molecule has 6 rings (SSSR count). The van der Waals surface area contributed by atoms with Crippen molar-refractivity contribution >= 4 is 46.9 Å². The van der Waals surface area contributed by atoms with E-state index in [9.17, 15) is 24.0 Å². The molecule has 10 N–H and O–H groups in total. The topological polar surface area (TPSA) is 236 Å². The van der Waals surface area contributed by atoms with Gasteiger partial charge in [-0.05, 0) is 97.0 Å². The van der Waals surface area contributed by atoms with Crippen LogP contribution in [-0.4, -0.2) is 65.6 Å². The molecule has 0 unspecified atom stereocenters. The fraction of sp³-hybridized carbons (Fsp3) is 0.268. The number of carbonyl (C=O) groups excluding carboxylic acids is 5. The Labute approximate surface area is 324 Å². The minimum atomic E-state index is -0.658. The summed E-state index contributed by atoms with van der Waals surface area (Å²) in [4.78, 5) is 69.0. The van der Waals surface area contributed by atoms with Crippen LogP contribution in [0.2, 0.25) is 0 Å². The summed E-state index contributed by atoms with van der Waals surface area (Å²) < 4.78 is 5.50. The molecule has 0 saturated heterocycles. The number of nitrogens with two attached hydrogens (primary N) is 3. The molecular formula is C41H45N9O6. The quantitative estimate of drug-likeness (QED) is 0.0505. The van der Waals surface area contributed by atoms with Gasteiger partial charge in [0.1, 0.15) is 5.75 Å². The summed E-state index contributed by atoms with van der Waals surface area (Å²) in [7, 11) is 0. The van der Waals surface area contributed by atoms with E-state index in [0.717, 1.165) is 29.5 Å². The van der Waals surface area contributed by atoms with Crippen LogP contribution in [0.3, 0.4) is 0 Å². The van der Waals surface area contributed by atoms with Gasteiger partial charge in [0.15, 0.2) is 12.6 Å². The second-order valence-electron chi connectivity index (χ2n) is 13.7. The monoisotopic (exact) mass is 759 g/mol. The maximum Gasteiger partial charge on any atom is 0.262 e. The van der Waals surface area contributed by atoms with E-state index in [1.807, 2.05) is 41.3 Å². The van der Waals surface area contributed by atoms with Gasteiger partial charge in [0.2, 0.25) is 5.91 Å². The zero-order chi connectivity index (χ0) is 39.6. The molecule has 15 heteroatoms. The number of nitrogens with one attached hydrogen (secondary N) is 4. The highest BCUT2D eigenvalue weighted by atomic mass is 16.5. The fourth-order valence-corrected chi connectivity index (χ4v) is 6.02. The average Bonchev–Trinajstić information content (AvgIpc) is 4.05. The minimum absolute atomic E-state index is 0.00731. The summed E-state index contributed by atoms with van der Waals surface area (Å²) in [6, 6.07) is 25.7. The van der Waals surface area contributed by atoms with Crippen molar-refractivity contribution in [3.05, 3.63) is 124 Å². The smallest absolute Gasteiger partial charge is 0.262 e. The molecule has 4 aromatic carbocycles. The molecule has 1 saturated carbocycles. The Hall–Kier alpha value is -6.74. The van der Waals surface area contributed by atoms with Crippen LogP contribution in [0.15, 0.2) is 96.0 Å². The molecule has 0 aromatic heterocycles. The highest BCUT2D eigenvalue weighted by molar-refractivity contribution is 6.04. The van der Waals surface area contributed by atoms with Gasteiger partial charge in [0, 0.05) is 54.6 Å². The molecule has 1 atom stereocenters. The lowest BCUT2D eigenvalue weighted by atomic mass is 10.1. The highest BCUT2D eigenvalue weighted by Crippen LogP contribution is 2.33. The van der Waals surface area contributed by atoms with Crippen molar-refractivity contribution in [1.29, 1.82) is 0 Å². The van der Waals surface area contributed by atoms with Crippen LogP contribution in [0.4, 0.5) is 11.4 Å². The minimum Gasteiger partial charge on any atom is -0.482 e. The van der Waals surface area contributed by atoms with E-state index in [0.29, 0.717) is 72.8 Å². The molecule has 1 aliphatic carbocycles. The number of hydrogen-bond donors (Lipinski definition) is 7. The van der Waals surface area contributed by atoms with Crippen LogP contribution in [0.5, 0.6) is 5.75 Å². The van der Waals surface area contributed by atoms with Gasteiger partial charge in [-0.25, -0.2) is 0 Å². The van der Waals surface area contributed by atoms with Gasteiger partial charge in [-0.15, -0.1) is 0 Å². The lowest BCUT2D eigenvalue weighted by Crippen LogP contribution is -2.40. The first-order valence-electron chi connectivity index (χ1n) is 18.3. The van der Waals surface area contributed by atoms with Crippen LogP contribution in [-0.2, 0) is 29.2 Å². The summed E-state index contributed by atoms with van der Waals surface area (Å²) in [5.74, 6) is -0.719. The Bertz CT molecular complexity index is 2100. The first-order chi connectivity index (χ1) is 27.0. The average molecular weight is 760 g/mol. The molecule has 15 nitrogen and oxygen atoms in total. The Morgan fingerprint density at radius 2 is 1.41 bits per heavy atom. The molecule has 0 radical (unpaired) electrons. The van der Waals surface area contributed by atoms with E-state index in [2.05, 4.69) is 26.3 Å². The largest absolute Gasteiger partial charge is 0.482 e. The van der Waals surface area contributed by atoms with Gasteiger partial charge in [-0.1, -0.05) is 36.4 Å². The summed E-state index contributed by atoms with van der Waals surface area (Å²) in [6.45, 7) is 1.33. The fourth-order valence-electron chi connectivity index (χ4n) is 6.02. The summed E-state index contributed by atoms with van der Waals surface area (Å²) in [5.41, 5.74) is 21.6. The molecular weight excluding hydrogens is 715 g/mol. The second kappa shape index (κ2) is 18.1. The zero-order valence-electron chi connectivity index (χ0n) is 30.8. The van der Waals surface area contributed by atoms with E-state index < -0.39 is 6.04 Å². The van der Waals surface area contributed by atoms with Gasteiger partial charge in [-0.3, -0.25) is 29.0 Å². The maximum atomic E-state index is 13.5. The van der Waals surface area contributed by atoms with Crippen LogP contribution < -0.4 is 43.2 Å². The maximum absolute atomic E-state index is 13.5. The van der Waals surface area contributed by atoms with Crippen LogP contribution >= 0.6 is 0 Å². The first kappa shape index (κ1) is 39.0. The molecule has 56 heavy (non-hydrogen) atoms. The molecule has 1 aliphatic heterocycles. The number of guanidine groups is 1. The number of amides is 5. The van der Waals surface area contributed by atoms with Crippen molar-refractivity contribution in [3.8, 4) is 5.75 Å². The third kappa shape index (κ3) is 10.7. The molecule has 1 fully saturated rings. The Balaban J connectivity index is 0.938. The predicted molar refractivity (Wildman–Crippen MR) is 212 cm³/mol. The van der Waals surface area contributed by atoms with Crippen molar-refractivity contribution in [1.82, 2.24) is 15.5 Å². The zero-order valence-corrected chi connectivity index (χ0v) is 30.8. The van der Waals surface area contributed by atoms with Crippen molar-refractivity contribution in [2.24, 2.45) is 22.2 Å². The lowest BCUT2D eigenvalue weighted by Gasteiger charge is -2.24. The number of nitrogens with zero attached hydrogens (tertiary/aromatic N) is 2. The highest BCUT2D eigenvalue weighted by Gasteiger charge is 2.33. The molecule has 4 aromatic rings. The third-order valence-corrected chi connectivity index (χ3v) is 9.33. The Morgan fingerprint density at radius 1 is 0.804 bits per heavy atom. The summed E-state index contributed by atoms with van der Waals surface area (Å²) in [6.07, 6.45) is 2.89. The SMILES string of the molecule is NC(N)=NCCC[C@H](N)C(=O)NCc1ccc(CNC(=O)c2ccc(NC(=O)c3ccc(CN(C(=O)c4ccc5c(c4)OCC(=O)N5)C4CC4)cc3)cc2)cc1. The van der Waals surface area contributed by atoms with Crippen LogP contribution in [0.25, 0.3) is 0 Å². The number of benzene rings is 4. The molecule has 0 spiro atoms. The molecule has 290 valence electrons. The number of fused-ring (bicyclic) bond motifs is 1. The van der Waals surface area contributed by atoms with Gasteiger partial charge < -0.3 is 48.1 Å². The van der Waals surface area contributed by atoms with Gasteiger partial charge in [-0.2, -0.15) is 0 Å². The number of carbonyl (C=O) groups is 5. The summed E-state index contributed by atoms with van der Waals surface area (Å²) in [5, 5.41) is 11.3. The van der Waals surface area contributed by atoms with Crippen molar-refractivity contribution < 1.29 is 28.7 Å². The third-order valence-electron chi connectivity index (χ3n) is 9.33. The van der Waals surface area contributed by atoms with Crippen molar-refractivity contribution in [2.45, 2.75) is 57.4 Å². The second-order valence-corrected chi connectivity index (χ2v) is 13.7. The van der Waals surface area contributed by atoms with E-state index in [1.165, 1.54) is 0 Å². The number of rotatable bonds is 16. The van der Waals surface area contributed by atoms with Crippen molar-refractivity contribution in [3.63, 3.8) is 0 Å². The van der Waals surface area contributed by atoms with Crippen LogP contribution in [0, 0.1) is 0 Å². The van der Waals surface area contributed by atoms with Gasteiger partial charge in [0.05, 0.1) is 11.7 Å². The lowest BCUT2D eigenvalue weighted by molar-refractivity contribution is -0.122. The predicted octanol–water partition coefficient (Wildman–Crippen LogP) is 3.00. The van der Waals surface area contributed by atoms with E-state index >= 15 is 0 Å². The van der Waals surface area contributed by atoms with Crippen molar-refractivity contribution in [2.75, 3.05) is 23.8 Å². The normalized spacial score (nSPS) is 13.6. The number of hydrogen-bond acceptors (Lipinski definition) is 8. The summed E-state index contributed by atoms with van der Waals surface area (Å²) >= 11 is 0.